The summed E-state index contributed by atoms with van der Waals surface area (Å²) in [6, 6.07) is 10.6. The Morgan fingerprint density at radius 1 is 1.18 bits per heavy atom. The van der Waals surface area contributed by atoms with Gasteiger partial charge in [0.15, 0.2) is 5.76 Å². The lowest BCUT2D eigenvalue weighted by molar-refractivity contribution is -0.137. The van der Waals surface area contributed by atoms with E-state index in [9.17, 15) is 18.0 Å². The molecule has 1 amide bonds. The Hall–Kier alpha value is -3.33. The van der Waals surface area contributed by atoms with Gasteiger partial charge in [-0.1, -0.05) is 12.1 Å². The first-order valence-electron chi connectivity index (χ1n) is 8.13. The molecule has 0 bridgehead atoms. The van der Waals surface area contributed by atoms with Crippen LogP contribution in [-0.4, -0.2) is 16.0 Å². The van der Waals surface area contributed by atoms with Crippen molar-refractivity contribution in [3.05, 3.63) is 77.4 Å². The minimum Gasteiger partial charge on any atom is -0.453 e. The molecule has 0 fully saturated rings. The summed E-state index contributed by atoms with van der Waals surface area (Å²) < 4.78 is 49.1. The van der Waals surface area contributed by atoms with Crippen LogP contribution in [0.5, 0.6) is 11.6 Å². The highest BCUT2D eigenvalue weighted by Crippen LogP contribution is 2.32. The Morgan fingerprint density at radius 2 is 2.00 bits per heavy atom. The summed E-state index contributed by atoms with van der Waals surface area (Å²) in [6.45, 7) is -0.318. The molecule has 0 saturated heterocycles. The Kier molecular flexibility index (Phi) is 5.65. The van der Waals surface area contributed by atoms with Crippen LogP contribution in [0.4, 0.5) is 13.2 Å². The Morgan fingerprint density at radius 3 is 2.71 bits per heavy atom. The maximum Gasteiger partial charge on any atom is 0.416 e. The number of furan rings is 1. The van der Waals surface area contributed by atoms with Crippen LogP contribution in [0.15, 0.2) is 59.1 Å². The van der Waals surface area contributed by atoms with Crippen LogP contribution in [0.1, 0.15) is 27.4 Å². The molecule has 0 spiro atoms. The van der Waals surface area contributed by atoms with Crippen molar-refractivity contribution in [2.75, 3.05) is 0 Å². The van der Waals surface area contributed by atoms with Crippen LogP contribution < -0.4 is 10.1 Å². The van der Waals surface area contributed by atoms with Crippen LogP contribution >= 0.6 is 0 Å². The summed E-state index contributed by atoms with van der Waals surface area (Å²) in [5.74, 6) is -0.209. The number of aliphatic hydroxyl groups is 1. The van der Waals surface area contributed by atoms with E-state index in [1.165, 1.54) is 30.5 Å². The number of pyridine rings is 1. The van der Waals surface area contributed by atoms with Gasteiger partial charge in [0.25, 0.3) is 5.91 Å². The molecule has 3 rings (SSSR count). The third-order valence-electron chi connectivity index (χ3n) is 3.71. The molecule has 0 aliphatic rings. The number of carbonyl (C=O) groups is 1. The summed E-state index contributed by atoms with van der Waals surface area (Å²) >= 11 is 0. The van der Waals surface area contributed by atoms with E-state index in [1.54, 1.807) is 12.1 Å². The second-order valence-electron chi connectivity index (χ2n) is 5.70. The lowest BCUT2D eigenvalue weighted by atomic mass is 10.2. The SMILES string of the molecule is O=C(NCc1cccnc1Oc1cccc(C(F)(F)F)c1)c1ccc(CO)o1. The molecule has 0 saturated carbocycles. The van der Waals surface area contributed by atoms with E-state index in [2.05, 4.69) is 10.3 Å². The zero-order chi connectivity index (χ0) is 20.1. The van der Waals surface area contributed by atoms with Gasteiger partial charge in [-0.3, -0.25) is 4.79 Å². The quantitative estimate of drug-likeness (QED) is 0.665. The summed E-state index contributed by atoms with van der Waals surface area (Å²) in [7, 11) is 0. The zero-order valence-electron chi connectivity index (χ0n) is 14.4. The molecule has 0 radical (unpaired) electrons. The number of aliphatic hydroxyl groups excluding tert-OH is 1. The fourth-order valence-electron chi connectivity index (χ4n) is 2.35. The molecule has 0 atom stereocenters. The maximum absolute atomic E-state index is 12.8. The van der Waals surface area contributed by atoms with Crippen molar-refractivity contribution < 1.29 is 32.2 Å². The molecule has 1 aromatic carbocycles. The normalized spacial score (nSPS) is 11.3. The number of benzene rings is 1. The molecule has 6 nitrogen and oxygen atoms in total. The molecular formula is C19H15F3N2O4. The van der Waals surface area contributed by atoms with Crippen LogP contribution in [0.25, 0.3) is 0 Å². The Labute approximate surface area is 157 Å². The number of ether oxygens (including phenoxy) is 1. The minimum absolute atomic E-state index is 0.0100. The minimum atomic E-state index is -4.49. The highest BCUT2D eigenvalue weighted by Gasteiger charge is 2.30. The lowest BCUT2D eigenvalue weighted by Crippen LogP contribution is -2.22. The predicted octanol–water partition coefficient (Wildman–Crippen LogP) is 3.91. The van der Waals surface area contributed by atoms with Gasteiger partial charge in [0.2, 0.25) is 5.88 Å². The summed E-state index contributed by atoms with van der Waals surface area (Å²) in [4.78, 5) is 16.1. The number of hydrogen-bond acceptors (Lipinski definition) is 5. The second-order valence-corrected chi connectivity index (χ2v) is 5.70. The average molecular weight is 392 g/mol. The van der Waals surface area contributed by atoms with Gasteiger partial charge in [0.1, 0.15) is 18.1 Å². The highest BCUT2D eigenvalue weighted by atomic mass is 19.4. The first-order chi connectivity index (χ1) is 13.4. The number of amides is 1. The number of nitrogens with zero attached hydrogens (tertiary/aromatic N) is 1. The first-order valence-corrected chi connectivity index (χ1v) is 8.13. The zero-order valence-corrected chi connectivity index (χ0v) is 14.4. The van der Waals surface area contributed by atoms with Gasteiger partial charge >= 0.3 is 6.18 Å². The van der Waals surface area contributed by atoms with Gasteiger partial charge in [-0.05, 0) is 36.4 Å². The summed E-state index contributed by atoms with van der Waals surface area (Å²) in [5, 5.41) is 11.6. The van der Waals surface area contributed by atoms with Crippen LogP contribution in [0, 0.1) is 0 Å². The van der Waals surface area contributed by atoms with Crippen LogP contribution in [-0.2, 0) is 19.3 Å². The van der Waals surface area contributed by atoms with Crippen molar-refractivity contribution in [2.24, 2.45) is 0 Å². The smallest absolute Gasteiger partial charge is 0.416 e. The van der Waals surface area contributed by atoms with E-state index in [1.807, 2.05) is 0 Å². The van der Waals surface area contributed by atoms with Crippen molar-refractivity contribution in [1.82, 2.24) is 10.3 Å². The van der Waals surface area contributed by atoms with Crippen molar-refractivity contribution in [1.29, 1.82) is 0 Å². The molecule has 0 aliphatic heterocycles. The van der Waals surface area contributed by atoms with Crippen molar-refractivity contribution in [2.45, 2.75) is 19.3 Å². The van der Waals surface area contributed by atoms with Gasteiger partial charge in [0.05, 0.1) is 5.56 Å². The van der Waals surface area contributed by atoms with Crippen LogP contribution in [0.3, 0.4) is 0 Å². The third kappa shape index (κ3) is 4.68. The maximum atomic E-state index is 12.8. The number of halogens is 3. The van der Waals surface area contributed by atoms with Crippen molar-refractivity contribution >= 4 is 5.91 Å². The third-order valence-corrected chi connectivity index (χ3v) is 3.71. The summed E-state index contributed by atoms with van der Waals surface area (Å²) in [5.41, 5.74) is -0.379. The average Bonchev–Trinajstić information content (AvgIpc) is 3.16. The molecule has 0 aliphatic carbocycles. The number of carbonyl (C=O) groups excluding carboxylic acids is 1. The predicted molar refractivity (Wildman–Crippen MR) is 91.6 cm³/mol. The number of alkyl halides is 3. The fourth-order valence-corrected chi connectivity index (χ4v) is 2.35. The molecule has 9 heteroatoms. The van der Waals surface area contributed by atoms with Gasteiger partial charge in [-0.15, -0.1) is 0 Å². The first kappa shape index (κ1) is 19.4. The molecule has 0 unspecified atom stereocenters. The lowest BCUT2D eigenvalue weighted by Gasteiger charge is -2.12. The van der Waals surface area contributed by atoms with Gasteiger partial charge < -0.3 is 19.6 Å². The van der Waals surface area contributed by atoms with Crippen molar-refractivity contribution in [3.8, 4) is 11.6 Å². The van der Waals surface area contributed by atoms with E-state index in [0.717, 1.165) is 12.1 Å². The monoisotopic (exact) mass is 392 g/mol. The number of rotatable bonds is 6. The molecule has 2 N–H and O–H groups in total. The van der Waals surface area contributed by atoms with Gasteiger partial charge in [-0.2, -0.15) is 13.2 Å². The second kappa shape index (κ2) is 8.13. The van der Waals surface area contributed by atoms with Gasteiger partial charge in [0, 0.05) is 18.3 Å². The molecule has 146 valence electrons. The van der Waals surface area contributed by atoms with Crippen molar-refractivity contribution in [3.63, 3.8) is 0 Å². The Bertz CT molecular complexity index is 970. The van der Waals surface area contributed by atoms with Crippen LogP contribution in [0.2, 0.25) is 0 Å². The topological polar surface area (TPSA) is 84.6 Å². The Balaban J connectivity index is 1.72. The van der Waals surface area contributed by atoms with E-state index in [-0.39, 0.29) is 36.3 Å². The highest BCUT2D eigenvalue weighted by molar-refractivity contribution is 5.91. The number of hydrogen-bond donors (Lipinski definition) is 2. The van der Waals surface area contributed by atoms with Gasteiger partial charge in [-0.25, -0.2) is 4.98 Å². The molecule has 3 aromatic rings. The molecule has 2 heterocycles. The molecular weight excluding hydrogens is 377 g/mol. The number of aromatic nitrogens is 1. The fraction of sp³-hybridized carbons (Fsp3) is 0.158. The largest absolute Gasteiger partial charge is 0.453 e. The molecule has 2 aromatic heterocycles. The van der Waals surface area contributed by atoms with E-state index >= 15 is 0 Å². The molecule has 28 heavy (non-hydrogen) atoms. The van der Waals surface area contributed by atoms with E-state index < -0.39 is 17.6 Å². The summed E-state index contributed by atoms with van der Waals surface area (Å²) in [6.07, 6.45) is -3.06. The van der Waals surface area contributed by atoms with E-state index in [4.69, 9.17) is 14.3 Å². The number of nitrogens with one attached hydrogen (secondary N) is 1. The standard InChI is InChI=1S/C19H15F3N2O4/c20-19(21,22)13-4-1-5-14(9-13)28-18-12(3-2-8-23-18)10-24-17(26)16-7-6-15(11-25)27-16/h1-9,25H,10-11H2,(H,24,26). The van der Waals surface area contributed by atoms with E-state index in [0.29, 0.717) is 5.56 Å².